The first-order valence-corrected chi connectivity index (χ1v) is 25.0. The summed E-state index contributed by atoms with van der Waals surface area (Å²) in [5.41, 5.74) is 4.11. The Bertz CT molecular complexity index is 3070. The number of nitrogens with zero attached hydrogens (tertiary/aromatic N) is 3. The molecular formula is C38H42N8O14S3Si. The van der Waals surface area contributed by atoms with Gasteiger partial charge in [-0.2, -0.15) is 40.2 Å². The molecule has 22 nitrogen and oxygen atoms in total. The summed E-state index contributed by atoms with van der Waals surface area (Å²) < 4.78 is 122. The maximum Gasteiger partial charge on any atom is 0.500 e. The second-order valence-electron chi connectivity index (χ2n) is 14.2. The van der Waals surface area contributed by atoms with E-state index in [1.165, 1.54) is 78.5 Å². The first-order valence-electron chi connectivity index (χ1n) is 18.7. The highest BCUT2D eigenvalue weighted by molar-refractivity contribution is 7.86. The van der Waals surface area contributed by atoms with Crippen molar-refractivity contribution in [2.75, 3.05) is 54.9 Å². The number of ketones is 2. The Labute approximate surface area is 368 Å². The Balaban J connectivity index is 1.50. The molecule has 0 aliphatic heterocycles. The third-order valence-electron chi connectivity index (χ3n) is 10.3. The molecule has 1 aliphatic rings. The number of nitrogens with two attached hydrogens (primary N) is 1. The van der Waals surface area contributed by atoms with Gasteiger partial charge in [-0.25, -0.2) is 0 Å². The molecule has 1 aliphatic carbocycles. The van der Waals surface area contributed by atoms with Crippen molar-refractivity contribution in [3.63, 3.8) is 0 Å². The first kappa shape index (κ1) is 47.5. The highest BCUT2D eigenvalue weighted by Gasteiger charge is 2.38. The molecule has 0 bridgehead atoms. The van der Waals surface area contributed by atoms with E-state index >= 15 is 0 Å². The zero-order valence-electron chi connectivity index (χ0n) is 34.8. The van der Waals surface area contributed by atoms with E-state index in [1.54, 1.807) is 0 Å². The quantitative estimate of drug-likeness (QED) is 0.0263. The van der Waals surface area contributed by atoms with Crippen LogP contribution < -0.4 is 27.0 Å². The molecule has 1 aromatic heterocycles. The molecule has 0 spiro atoms. The molecule has 0 radical (unpaired) electrons. The predicted octanol–water partition coefficient (Wildman–Crippen LogP) is 4.81. The summed E-state index contributed by atoms with van der Waals surface area (Å²) in [7, 11) is -13.4. The van der Waals surface area contributed by atoms with Crippen LogP contribution in [0.15, 0.2) is 69.3 Å². The van der Waals surface area contributed by atoms with Gasteiger partial charge < -0.3 is 40.3 Å². The molecule has 340 valence electrons. The maximum absolute atomic E-state index is 14.1. The van der Waals surface area contributed by atoms with Gasteiger partial charge in [0, 0.05) is 56.4 Å². The van der Waals surface area contributed by atoms with Gasteiger partial charge in [0.25, 0.3) is 30.4 Å². The predicted molar refractivity (Wildman–Crippen MR) is 235 cm³/mol. The van der Waals surface area contributed by atoms with Crippen LogP contribution in [0.2, 0.25) is 6.04 Å². The molecule has 0 unspecified atom stereocenters. The molecule has 0 saturated carbocycles. The van der Waals surface area contributed by atoms with E-state index in [0.717, 1.165) is 18.2 Å². The number of fused-ring (bicyclic) bond motifs is 2. The lowest BCUT2D eigenvalue weighted by atomic mass is 9.82. The van der Waals surface area contributed by atoms with Crippen molar-refractivity contribution in [1.29, 1.82) is 0 Å². The molecule has 5 aromatic rings. The Kier molecular flexibility index (Phi) is 13.3. The largest absolute Gasteiger partial charge is 0.500 e. The lowest BCUT2D eigenvalue weighted by Gasteiger charge is -2.26. The van der Waals surface area contributed by atoms with E-state index in [1.807, 2.05) is 0 Å². The third-order valence-corrected chi connectivity index (χ3v) is 16.0. The number of carbonyl (C=O) groups is 2. The number of rotatable bonds is 17. The fourth-order valence-electron chi connectivity index (χ4n) is 7.30. The van der Waals surface area contributed by atoms with E-state index in [4.69, 9.17) is 19.0 Å². The lowest BCUT2D eigenvalue weighted by molar-refractivity contribution is 0.0980. The van der Waals surface area contributed by atoms with Crippen LogP contribution in [-0.2, 0) is 43.6 Å². The molecule has 0 amide bonds. The van der Waals surface area contributed by atoms with Crippen molar-refractivity contribution in [3.8, 4) is 0 Å². The number of nitrogens with one attached hydrogen (secondary N) is 4. The van der Waals surface area contributed by atoms with Gasteiger partial charge in [0.2, 0.25) is 17.8 Å². The average molecular weight is 959 g/mol. The Hall–Kier alpha value is -5.94. The number of anilines is 8. The SMILES string of the molecule is CO[Si](CCCNc1nc(Nc2cccc(S(=O)(=O)O)c2)nc(Nc2c(C)c(Nc3cc(S(=O)(=O)O)c(N)c4c3C(=O)c3ccccc3C4=O)c(C)c(S(=O)(=O)O)c2C)n1)(OC)OC. The molecule has 4 aromatic carbocycles. The van der Waals surface area contributed by atoms with Gasteiger partial charge in [0.05, 0.1) is 33.1 Å². The maximum atomic E-state index is 14.1. The van der Waals surface area contributed by atoms with E-state index in [9.17, 15) is 48.5 Å². The molecule has 6 rings (SSSR count). The molecule has 0 saturated heterocycles. The van der Waals surface area contributed by atoms with Gasteiger partial charge in [0.15, 0.2) is 11.6 Å². The normalized spacial score (nSPS) is 13.0. The molecule has 0 atom stereocenters. The Morgan fingerprint density at radius 1 is 0.656 bits per heavy atom. The number of benzene rings is 4. The molecule has 9 N–H and O–H groups in total. The molecule has 1 heterocycles. The van der Waals surface area contributed by atoms with Gasteiger partial charge in [-0.05, 0) is 68.1 Å². The summed E-state index contributed by atoms with van der Waals surface area (Å²) in [4.78, 5) is 39.2. The highest BCUT2D eigenvalue weighted by Crippen LogP contribution is 2.44. The zero-order chi connectivity index (χ0) is 47.1. The fourth-order valence-corrected chi connectivity index (χ4v) is 11.2. The highest BCUT2D eigenvalue weighted by atomic mass is 32.2. The van der Waals surface area contributed by atoms with Crippen LogP contribution in [0.4, 0.5) is 46.3 Å². The number of aromatic nitrogens is 3. The number of carbonyl (C=O) groups excluding carboxylic acids is 2. The summed E-state index contributed by atoms with van der Waals surface area (Å²) in [6.45, 7) is 4.44. The van der Waals surface area contributed by atoms with Crippen LogP contribution in [0.5, 0.6) is 0 Å². The van der Waals surface area contributed by atoms with E-state index < -0.39 is 76.7 Å². The van der Waals surface area contributed by atoms with Crippen LogP contribution >= 0.6 is 0 Å². The van der Waals surface area contributed by atoms with E-state index in [0.29, 0.717) is 12.5 Å². The van der Waals surface area contributed by atoms with E-state index in [2.05, 4.69) is 36.2 Å². The number of nitrogen functional groups attached to an aromatic ring is 1. The third kappa shape index (κ3) is 9.46. The molecular weight excluding hydrogens is 917 g/mol. The minimum Gasteiger partial charge on any atom is -0.397 e. The topological polar surface area (TPSA) is 338 Å². The number of hydrogen-bond acceptors (Lipinski definition) is 19. The van der Waals surface area contributed by atoms with Crippen LogP contribution in [0.3, 0.4) is 0 Å². The monoisotopic (exact) mass is 958 g/mol. The van der Waals surface area contributed by atoms with Crippen LogP contribution in [-0.4, -0.2) is 102 Å². The first-order chi connectivity index (χ1) is 29.9. The lowest BCUT2D eigenvalue weighted by Crippen LogP contribution is -2.42. The van der Waals surface area contributed by atoms with Crippen molar-refractivity contribution in [1.82, 2.24) is 15.0 Å². The second kappa shape index (κ2) is 17.9. The molecule has 26 heteroatoms. The minimum absolute atomic E-state index is 0.0275. The standard InChI is InChI=1S/C38H42N8O14S3Si/c1-19-31(42-26-18-27(62(52,53)54)30(39)29-28(26)33(47)24-13-7-8-14-25(24)34(29)48)20(2)35(63(55,56)57)21(3)32(19)43-38-45-36(40-15-10-16-64(58-4,59-5)60-6)44-37(46-38)41-22-11-9-12-23(17-22)61(49,50)51/h7-9,11-14,17-18,42H,10,15-16,39H2,1-6H3,(H,49,50,51)(H,52,53,54)(H,55,56,57)(H3,40,41,43,44,45,46). The van der Waals surface area contributed by atoms with Crippen molar-refractivity contribution >= 4 is 97.0 Å². The van der Waals surface area contributed by atoms with Crippen molar-refractivity contribution < 1.29 is 61.8 Å². The van der Waals surface area contributed by atoms with Gasteiger partial charge in [-0.15, -0.1) is 0 Å². The van der Waals surface area contributed by atoms with Crippen LogP contribution in [0, 0.1) is 20.8 Å². The average Bonchev–Trinajstić information content (AvgIpc) is 3.22. The van der Waals surface area contributed by atoms with Crippen molar-refractivity contribution in [2.24, 2.45) is 0 Å². The molecule has 0 fully saturated rings. The summed E-state index contributed by atoms with van der Waals surface area (Å²) in [6.07, 6.45) is 0.437. The minimum atomic E-state index is -5.14. The number of hydrogen-bond donors (Lipinski definition) is 8. The summed E-state index contributed by atoms with van der Waals surface area (Å²) in [6, 6.07) is 12.1. The summed E-state index contributed by atoms with van der Waals surface area (Å²) >= 11 is 0. The summed E-state index contributed by atoms with van der Waals surface area (Å²) in [5.74, 6) is -2.02. The Morgan fingerprint density at radius 3 is 1.75 bits per heavy atom. The van der Waals surface area contributed by atoms with E-state index in [-0.39, 0.29) is 80.5 Å². The smallest absolute Gasteiger partial charge is 0.397 e. The van der Waals surface area contributed by atoms with Gasteiger partial charge in [0.1, 0.15) is 9.79 Å². The van der Waals surface area contributed by atoms with Gasteiger partial charge in [-0.1, -0.05) is 30.3 Å². The van der Waals surface area contributed by atoms with Gasteiger partial charge >= 0.3 is 8.80 Å². The summed E-state index contributed by atoms with van der Waals surface area (Å²) in [5, 5.41) is 11.8. The molecule has 64 heavy (non-hydrogen) atoms. The van der Waals surface area contributed by atoms with Crippen LogP contribution in [0.1, 0.15) is 55.0 Å². The fraction of sp³-hybridized carbons (Fsp3) is 0.237. The van der Waals surface area contributed by atoms with Crippen molar-refractivity contribution in [3.05, 3.63) is 93.5 Å². The zero-order valence-corrected chi connectivity index (χ0v) is 38.2. The van der Waals surface area contributed by atoms with Crippen molar-refractivity contribution in [2.45, 2.75) is 47.9 Å². The second-order valence-corrected chi connectivity index (χ2v) is 21.5. The van der Waals surface area contributed by atoms with Gasteiger partial charge in [-0.3, -0.25) is 23.2 Å². The Morgan fingerprint density at radius 2 is 1.20 bits per heavy atom. The van der Waals surface area contributed by atoms with Crippen LogP contribution in [0.25, 0.3) is 0 Å².